The van der Waals surface area contributed by atoms with Gasteiger partial charge in [0.15, 0.2) is 5.65 Å². The molecule has 1 aromatic carbocycles. The maximum Gasteiger partial charge on any atom is 0.167 e. The first-order valence-electron chi connectivity index (χ1n) is 7.47. The molecule has 0 amide bonds. The summed E-state index contributed by atoms with van der Waals surface area (Å²) in [5.41, 5.74) is 1.68. The smallest absolute Gasteiger partial charge is 0.167 e. The minimum Gasteiger partial charge on any atom is -0.229 e. The molecule has 1 unspecified atom stereocenters. The van der Waals surface area contributed by atoms with Crippen LogP contribution in [0.1, 0.15) is 12.8 Å². The molecule has 0 aliphatic rings. The van der Waals surface area contributed by atoms with Gasteiger partial charge < -0.3 is 0 Å². The van der Waals surface area contributed by atoms with E-state index < -0.39 is 0 Å². The standard InChI is InChI=1S/C17H14N6S/c18-8-4-5-13(9-19)11-24-17-15-10-22-23(16(15)20-12-21-17)14-6-2-1-3-7-14/h1-3,6-7,10,12-13H,4-5,11H2. The fourth-order valence-electron chi connectivity index (χ4n) is 2.30. The van der Waals surface area contributed by atoms with Crippen LogP contribution < -0.4 is 0 Å². The molecule has 2 aromatic heterocycles. The SMILES string of the molecule is N#CCCC(C#N)CSc1ncnc2c1cnn2-c1ccccc1. The number of thioether (sulfide) groups is 1. The van der Waals surface area contributed by atoms with E-state index in [0.29, 0.717) is 18.6 Å². The lowest BCUT2D eigenvalue weighted by atomic mass is 10.1. The molecule has 6 nitrogen and oxygen atoms in total. The quantitative estimate of drug-likeness (QED) is 0.507. The number of hydrogen-bond acceptors (Lipinski definition) is 6. The Morgan fingerprint density at radius 3 is 2.75 bits per heavy atom. The largest absolute Gasteiger partial charge is 0.229 e. The second-order valence-corrected chi connectivity index (χ2v) is 6.15. The van der Waals surface area contributed by atoms with Gasteiger partial charge in [-0.1, -0.05) is 18.2 Å². The Kier molecular flexibility index (Phi) is 5.05. The fourth-order valence-corrected chi connectivity index (χ4v) is 3.32. The van der Waals surface area contributed by atoms with Crippen LogP contribution in [-0.2, 0) is 0 Å². The predicted octanol–water partition coefficient (Wildman–Crippen LogP) is 3.35. The number of nitriles is 2. The monoisotopic (exact) mass is 334 g/mol. The van der Waals surface area contributed by atoms with Gasteiger partial charge in [0, 0.05) is 12.2 Å². The third-order valence-corrected chi connectivity index (χ3v) is 4.71. The summed E-state index contributed by atoms with van der Waals surface area (Å²) in [7, 11) is 0. The maximum absolute atomic E-state index is 9.17. The Labute approximate surface area is 143 Å². The molecule has 0 saturated heterocycles. The van der Waals surface area contributed by atoms with E-state index >= 15 is 0 Å². The summed E-state index contributed by atoms with van der Waals surface area (Å²) < 4.78 is 1.78. The van der Waals surface area contributed by atoms with Gasteiger partial charge in [0.1, 0.15) is 11.4 Å². The zero-order valence-corrected chi connectivity index (χ0v) is 13.6. The second-order valence-electron chi connectivity index (χ2n) is 5.14. The van der Waals surface area contributed by atoms with Crippen LogP contribution >= 0.6 is 11.8 Å². The van der Waals surface area contributed by atoms with Crippen molar-refractivity contribution in [1.29, 1.82) is 10.5 Å². The summed E-state index contributed by atoms with van der Waals surface area (Å²) in [6, 6.07) is 14.1. The molecule has 0 spiro atoms. The Morgan fingerprint density at radius 1 is 1.17 bits per heavy atom. The van der Waals surface area contributed by atoms with E-state index in [1.54, 1.807) is 10.9 Å². The molecule has 0 aliphatic heterocycles. The van der Waals surface area contributed by atoms with E-state index in [2.05, 4.69) is 27.2 Å². The normalized spacial score (nSPS) is 11.8. The zero-order valence-electron chi connectivity index (χ0n) is 12.8. The average Bonchev–Trinajstić information content (AvgIpc) is 3.07. The Bertz CT molecular complexity index is 906. The summed E-state index contributed by atoms with van der Waals surface area (Å²) in [6.07, 6.45) is 4.24. The van der Waals surface area contributed by atoms with Crippen molar-refractivity contribution in [3.63, 3.8) is 0 Å². The molecule has 3 rings (SSSR count). The van der Waals surface area contributed by atoms with E-state index in [4.69, 9.17) is 5.26 Å². The molecule has 24 heavy (non-hydrogen) atoms. The van der Waals surface area contributed by atoms with E-state index in [1.807, 2.05) is 30.3 Å². The lowest BCUT2D eigenvalue weighted by Gasteiger charge is -2.07. The lowest BCUT2D eigenvalue weighted by Crippen LogP contribution is -2.01. The number of para-hydroxylation sites is 1. The third kappa shape index (κ3) is 3.37. The molecule has 2 heterocycles. The third-order valence-electron chi connectivity index (χ3n) is 3.54. The summed E-state index contributed by atoms with van der Waals surface area (Å²) in [6.45, 7) is 0. The predicted molar refractivity (Wildman–Crippen MR) is 91.3 cm³/mol. The number of rotatable bonds is 6. The molecule has 0 fully saturated rings. The van der Waals surface area contributed by atoms with Crippen molar-refractivity contribution in [2.45, 2.75) is 17.9 Å². The average molecular weight is 334 g/mol. The number of benzene rings is 1. The van der Waals surface area contributed by atoms with Crippen LogP contribution in [0.4, 0.5) is 0 Å². The fraction of sp³-hybridized carbons (Fsp3) is 0.235. The molecular weight excluding hydrogens is 320 g/mol. The molecule has 7 heteroatoms. The molecule has 0 bridgehead atoms. The highest BCUT2D eigenvalue weighted by Crippen LogP contribution is 2.27. The first-order chi connectivity index (χ1) is 11.8. The van der Waals surface area contributed by atoms with Gasteiger partial charge in [-0.25, -0.2) is 14.6 Å². The van der Waals surface area contributed by atoms with E-state index in [9.17, 15) is 5.26 Å². The number of nitrogens with zero attached hydrogens (tertiary/aromatic N) is 6. The van der Waals surface area contributed by atoms with Crippen molar-refractivity contribution in [2.75, 3.05) is 5.75 Å². The van der Waals surface area contributed by atoms with Crippen molar-refractivity contribution in [1.82, 2.24) is 19.7 Å². The van der Waals surface area contributed by atoms with Crippen LogP contribution in [-0.4, -0.2) is 25.5 Å². The van der Waals surface area contributed by atoms with E-state index in [1.165, 1.54) is 18.1 Å². The number of fused-ring (bicyclic) bond motifs is 1. The minimum atomic E-state index is -0.163. The highest BCUT2D eigenvalue weighted by atomic mass is 32.2. The van der Waals surface area contributed by atoms with Gasteiger partial charge in [0.2, 0.25) is 0 Å². The number of aromatic nitrogens is 4. The van der Waals surface area contributed by atoms with Crippen molar-refractivity contribution in [3.8, 4) is 17.8 Å². The van der Waals surface area contributed by atoms with Crippen LogP contribution in [0, 0.1) is 28.6 Å². The Hall–Kier alpha value is -2.90. The van der Waals surface area contributed by atoms with Crippen molar-refractivity contribution in [2.24, 2.45) is 5.92 Å². The lowest BCUT2D eigenvalue weighted by molar-refractivity contribution is 0.685. The first kappa shape index (κ1) is 16.0. The van der Waals surface area contributed by atoms with Gasteiger partial charge in [-0.3, -0.25) is 0 Å². The van der Waals surface area contributed by atoms with Gasteiger partial charge in [-0.2, -0.15) is 15.6 Å². The molecule has 0 N–H and O–H groups in total. The highest BCUT2D eigenvalue weighted by Gasteiger charge is 2.14. The van der Waals surface area contributed by atoms with Gasteiger partial charge in [-0.15, -0.1) is 11.8 Å². The summed E-state index contributed by atoms with van der Waals surface area (Å²) >= 11 is 1.51. The first-order valence-corrected chi connectivity index (χ1v) is 8.45. The van der Waals surface area contributed by atoms with Gasteiger partial charge in [-0.05, 0) is 18.6 Å². The molecule has 0 saturated carbocycles. The van der Waals surface area contributed by atoms with Gasteiger partial charge >= 0.3 is 0 Å². The van der Waals surface area contributed by atoms with Crippen LogP contribution in [0.5, 0.6) is 0 Å². The van der Waals surface area contributed by atoms with Crippen molar-refractivity contribution in [3.05, 3.63) is 42.9 Å². The summed E-state index contributed by atoms with van der Waals surface area (Å²) in [5, 5.41) is 23.9. The summed E-state index contributed by atoms with van der Waals surface area (Å²) in [4.78, 5) is 8.67. The van der Waals surface area contributed by atoms with Gasteiger partial charge in [0.25, 0.3) is 0 Å². The van der Waals surface area contributed by atoms with Crippen LogP contribution in [0.2, 0.25) is 0 Å². The molecule has 118 valence electrons. The topological polar surface area (TPSA) is 91.2 Å². The Balaban J connectivity index is 1.84. The maximum atomic E-state index is 9.17. The molecule has 0 radical (unpaired) electrons. The van der Waals surface area contributed by atoms with Gasteiger partial charge in [0.05, 0.1) is 35.3 Å². The van der Waals surface area contributed by atoms with E-state index in [-0.39, 0.29) is 5.92 Å². The highest BCUT2D eigenvalue weighted by molar-refractivity contribution is 7.99. The zero-order chi connectivity index (χ0) is 16.8. The molecule has 1 atom stereocenters. The Morgan fingerprint density at radius 2 is 2.00 bits per heavy atom. The van der Waals surface area contributed by atoms with Crippen LogP contribution in [0.3, 0.4) is 0 Å². The van der Waals surface area contributed by atoms with E-state index in [0.717, 1.165) is 21.7 Å². The van der Waals surface area contributed by atoms with Crippen LogP contribution in [0.15, 0.2) is 47.9 Å². The number of hydrogen-bond donors (Lipinski definition) is 0. The van der Waals surface area contributed by atoms with Crippen molar-refractivity contribution < 1.29 is 0 Å². The molecule has 3 aromatic rings. The van der Waals surface area contributed by atoms with Crippen molar-refractivity contribution >= 4 is 22.8 Å². The summed E-state index contributed by atoms with van der Waals surface area (Å²) in [5.74, 6) is 0.435. The molecular formula is C17H14N6S. The van der Waals surface area contributed by atoms with Crippen LogP contribution in [0.25, 0.3) is 16.7 Å². The second kappa shape index (κ2) is 7.58. The minimum absolute atomic E-state index is 0.163. The molecule has 0 aliphatic carbocycles.